The van der Waals surface area contributed by atoms with E-state index < -0.39 is 35.1 Å². The van der Waals surface area contributed by atoms with E-state index in [1.165, 1.54) is 0 Å². The molecule has 0 aliphatic heterocycles. The number of hydrogen-bond acceptors (Lipinski definition) is 8. The smallest absolute Gasteiger partial charge is 0.338 e. The number of non-ortho nitro benzene ring substituents is 1. The van der Waals surface area contributed by atoms with Crippen LogP contribution in [0.2, 0.25) is 0 Å². The minimum absolute atomic E-state index is 0.219. The number of nitrogens with zero attached hydrogens (tertiary/aromatic N) is 3. The predicted octanol–water partition coefficient (Wildman–Crippen LogP) is 3.46. The van der Waals surface area contributed by atoms with Gasteiger partial charge in [0.25, 0.3) is 11.6 Å². The lowest BCUT2D eigenvalue weighted by atomic mass is 10.1. The summed E-state index contributed by atoms with van der Waals surface area (Å²) in [5.41, 5.74) is 1.35. The van der Waals surface area contributed by atoms with Crippen LogP contribution in [0.3, 0.4) is 0 Å². The number of nitro groups is 1. The lowest BCUT2D eigenvalue weighted by molar-refractivity contribution is -0.384. The molecule has 11 heteroatoms. The standard InChI is InChI=1S/C24H20N4O7/c1-14-15(2)27(18-7-5-4-6-8-18)22(20(14)12-25)26-21(29)13-35-24(31)17-9-16(23(30)34-3)10-19(11-17)28(32)33/h4-11H,13H2,1-3H3,(H,26,29). The molecule has 1 N–H and O–H groups in total. The van der Waals surface area contributed by atoms with E-state index in [0.29, 0.717) is 11.3 Å². The van der Waals surface area contributed by atoms with Crippen LogP contribution in [0.4, 0.5) is 11.5 Å². The highest BCUT2D eigenvalue weighted by Gasteiger charge is 2.23. The van der Waals surface area contributed by atoms with E-state index in [1.54, 1.807) is 18.4 Å². The molecule has 2 aromatic carbocycles. The van der Waals surface area contributed by atoms with Gasteiger partial charge in [-0.3, -0.25) is 19.5 Å². The number of esters is 2. The van der Waals surface area contributed by atoms with Crippen LogP contribution in [-0.2, 0) is 14.3 Å². The number of carbonyl (C=O) groups excluding carboxylic acids is 3. The molecule has 0 saturated heterocycles. The molecule has 0 atom stereocenters. The summed E-state index contributed by atoms with van der Waals surface area (Å²) in [6.45, 7) is 2.82. The Hall–Kier alpha value is -4.98. The molecule has 0 unspecified atom stereocenters. The summed E-state index contributed by atoms with van der Waals surface area (Å²) in [5, 5.41) is 23.4. The van der Waals surface area contributed by atoms with Gasteiger partial charge in [0.1, 0.15) is 11.9 Å². The summed E-state index contributed by atoms with van der Waals surface area (Å²) in [7, 11) is 1.09. The first kappa shape index (κ1) is 24.7. The molecule has 1 heterocycles. The van der Waals surface area contributed by atoms with Gasteiger partial charge in [-0.1, -0.05) is 18.2 Å². The topological polar surface area (TPSA) is 154 Å². The maximum Gasteiger partial charge on any atom is 0.338 e. The molecule has 11 nitrogen and oxygen atoms in total. The second-order valence-corrected chi connectivity index (χ2v) is 7.36. The van der Waals surface area contributed by atoms with Crippen LogP contribution >= 0.6 is 0 Å². The molecule has 1 amide bonds. The van der Waals surface area contributed by atoms with E-state index in [0.717, 1.165) is 31.0 Å². The van der Waals surface area contributed by atoms with Crippen molar-refractivity contribution in [2.24, 2.45) is 0 Å². The number of ether oxygens (including phenoxy) is 2. The van der Waals surface area contributed by atoms with Gasteiger partial charge in [0.2, 0.25) is 0 Å². The Morgan fingerprint density at radius 2 is 1.71 bits per heavy atom. The van der Waals surface area contributed by atoms with Gasteiger partial charge in [0, 0.05) is 23.5 Å². The first-order chi connectivity index (χ1) is 16.7. The number of aromatic nitrogens is 1. The van der Waals surface area contributed by atoms with Gasteiger partial charge in [-0.15, -0.1) is 0 Å². The molecule has 0 bridgehead atoms. The van der Waals surface area contributed by atoms with Crippen molar-refractivity contribution in [3.05, 3.63) is 86.6 Å². The summed E-state index contributed by atoms with van der Waals surface area (Å²) in [6, 6.07) is 14.1. The maximum absolute atomic E-state index is 12.6. The summed E-state index contributed by atoms with van der Waals surface area (Å²) in [6.07, 6.45) is 0. The summed E-state index contributed by atoms with van der Waals surface area (Å²) in [4.78, 5) is 47.3. The van der Waals surface area contributed by atoms with Crippen molar-refractivity contribution in [3.8, 4) is 11.8 Å². The Balaban J connectivity index is 1.82. The van der Waals surface area contributed by atoms with Crippen LogP contribution in [0.1, 0.15) is 37.5 Å². The van der Waals surface area contributed by atoms with Crippen molar-refractivity contribution in [1.82, 2.24) is 4.57 Å². The summed E-state index contributed by atoms with van der Waals surface area (Å²) < 4.78 is 11.3. The third-order valence-electron chi connectivity index (χ3n) is 5.22. The highest BCUT2D eigenvalue weighted by Crippen LogP contribution is 2.30. The average Bonchev–Trinajstić information content (AvgIpc) is 3.10. The molecule has 0 aliphatic carbocycles. The molecule has 0 fully saturated rings. The van der Waals surface area contributed by atoms with E-state index in [9.17, 15) is 29.8 Å². The zero-order valence-electron chi connectivity index (χ0n) is 19.0. The number of nitro benzene ring substituents is 1. The van der Waals surface area contributed by atoms with Crippen molar-refractivity contribution < 1.29 is 28.8 Å². The van der Waals surface area contributed by atoms with Crippen LogP contribution in [0, 0.1) is 35.3 Å². The molecular formula is C24H20N4O7. The van der Waals surface area contributed by atoms with Crippen molar-refractivity contribution in [3.63, 3.8) is 0 Å². The third-order valence-corrected chi connectivity index (χ3v) is 5.22. The Kier molecular flexibility index (Phi) is 7.26. The predicted molar refractivity (Wildman–Crippen MR) is 123 cm³/mol. The number of hydrogen-bond donors (Lipinski definition) is 1. The van der Waals surface area contributed by atoms with Crippen molar-refractivity contribution >= 4 is 29.4 Å². The zero-order chi connectivity index (χ0) is 25.7. The minimum Gasteiger partial charge on any atom is -0.465 e. The van der Waals surface area contributed by atoms with E-state index in [4.69, 9.17) is 4.74 Å². The second-order valence-electron chi connectivity index (χ2n) is 7.36. The number of amides is 1. The van der Waals surface area contributed by atoms with Gasteiger partial charge in [-0.2, -0.15) is 5.26 Å². The number of rotatable bonds is 7. The maximum atomic E-state index is 12.6. The van der Waals surface area contributed by atoms with Gasteiger partial charge >= 0.3 is 11.9 Å². The van der Waals surface area contributed by atoms with E-state index in [1.807, 2.05) is 30.3 Å². The summed E-state index contributed by atoms with van der Waals surface area (Å²) in [5.74, 6) is -2.45. The quantitative estimate of drug-likeness (QED) is 0.309. The Morgan fingerprint density at radius 3 is 2.29 bits per heavy atom. The van der Waals surface area contributed by atoms with Crippen LogP contribution in [-0.4, -0.2) is 41.1 Å². The molecule has 0 spiro atoms. The second kappa shape index (κ2) is 10.3. The van der Waals surface area contributed by atoms with Crippen LogP contribution in [0.15, 0.2) is 48.5 Å². The first-order valence-electron chi connectivity index (χ1n) is 10.2. The number of carbonyl (C=O) groups is 3. The van der Waals surface area contributed by atoms with Gasteiger partial charge in [0.15, 0.2) is 6.61 Å². The molecule has 3 aromatic rings. The van der Waals surface area contributed by atoms with Gasteiger partial charge in [-0.25, -0.2) is 9.59 Å². The fraction of sp³-hybridized carbons (Fsp3) is 0.167. The van der Waals surface area contributed by atoms with Crippen molar-refractivity contribution in [1.29, 1.82) is 5.26 Å². The SMILES string of the molecule is COC(=O)c1cc(C(=O)OCC(=O)Nc2c(C#N)c(C)c(C)n2-c2ccccc2)cc([N+](=O)[O-])c1. The number of para-hydroxylation sites is 1. The van der Waals surface area contributed by atoms with Gasteiger partial charge in [-0.05, 0) is 37.6 Å². The number of nitrogens with one attached hydrogen (secondary N) is 1. The largest absolute Gasteiger partial charge is 0.465 e. The lowest BCUT2D eigenvalue weighted by Crippen LogP contribution is -2.23. The molecule has 35 heavy (non-hydrogen) atoms. The summed E-state index contributed by atoms with van der Waals surface area (Å²) >= 11 is 0. The van der Waals surface area contributed by atoms with Gasteiger partial charge in [0.05, 0.1) is 28.7 Å². The zero-order valence-corrected chi connectivity index (χ0v) is 19.0. The van der Waals surface area contributed by atoms with Crippen molar-refractivity contribution in [2.75, 3.05) is 19.0 Å². The average molecular weight is 476 g/mol. The third kappa shape index (κ3) is 5.17. The monoisotopic (exact) mass is 476 g/mol. The lowest BCUT2D eigenvalue weighted by Gasteiger charge is -2.13. The molecule has 178 valence electrons. The molecule has 3 rings (SSSR count). The highest BCUT2D eigenvalue weighted by atomic mass is 16.6. The van der Waals surface area contributed by atoms with Gasteiger partial charge < -0.3 is 14.8 Å². The van der Waals surface area contributed by atoms with Crippen molar-refractivity contribution in [2.45, 2.75) is 13.8 Å². The molecule has 0 aliphatic rings. The normalized spacial score (nSPS) is 10.2. The van der Waals surface area contributed by atoms with E-state index in [2.05, 4.69) is 16.1 Å². The highest BCUT2D eigenvalue weighted by molar-refractivity contribution is 5.98. The number of methoxy groups -OCH3 is 1. The number of nitriles is 1. The first-order valence-corrected chi connectivity index (χ1v) is 10.2. The molecular weight excluding hydrogens is 456 g/mol. The Morgan fingerprint density at radius 1 is 1.09 bits per heavy atom. The fourth-order valence-electron chi connectivity index (χ4n) is 3.41. The number of anilines is 1. The minimum atomic E-state index is -1.06. The Labute approximate surface area is 199 Å². The fourth-order valence-corrected chi connectivity index (χ4v) is 3.41. The molecule has 0 radical (unpaired) electrons. The van der Waals surface area contributed by atoms with Crippen LogP contribution in [0.5, 0.6) is 0 Å². The molecule has 0 saturated carbocycles. The molecule has 1 aromatic heterocycles. The number of benzene rings is 2. The van der Waals surface area contributed by atoms with E-state index in [-0.39, 0.29) is 22.5 Å². The van der Waals surface area contributed by atoms with Crippen LogP contribution < -0.4 is 5.32 Å². The Bertz CT molecular complexity index is 1370. The van der Waals surface area contributed by atoms with Crippen LogP contribution in [0.25, 0.3) is 5.69 Å². The van der Waals surface area contributed by atoms with E-state index >= 15 is 0 Å².